The summed E-state index contributed by atoms with van der Waals surface area (Å²) >= 11 is 0. The Morgan fingerprint density at radius 1 is 0.829 bits per heavy atom. The summed E-state index contributed by atoms with van der Waals surface area (Å²) in [6, 6.07) is 19.1. The third kappa shape index (κ3) is 2.91. The van der Waals surface area contributed by atoms with Gasteiger partial charge in [-0.05, 0) is 30.2 Å². The first kappa shape index (κ1) is 21.6. The topological polar surface area (TPSA) is 80.8 Å². The fourth-order valence-corrected chi connectivity index (χ4v) is 5.56. The summed E-state index contributed by atoms with van der Waals surface area (Å²) in [5.41, 5.74) is 0.459. The van der Waals surface area contributed by atoms with Gasteiger partial charge in [0.15, 0.2) is 0 Å². The maximum Gasteiger partial charge on any atom is 0.237 e. The minimum atomic E-state index is -2.09. The molecule has 7 heteroatoms. The normalized spacial score (nSPS) is 24.4. The number of ether oxygens (including phenoxy) is 1. The van der Waals surface area contributed by atoms with E-state index < -0.39 is 52.7 Å². The van der Waals surface area contributed by atoms with E-state index in [9.17, 15) is 23.6 Å². The summed E-state index contributed by atoms with van der Waals surface area (Å²) < 4.78 is 19.6. The van der Waals surface area contributed by atoms with E-state index in [4.69, 9.17) is 4.74 Å². The van der Waals surface area contributed by atoms with Gasteiger partial charge in [0.2, 0.25) is 29.0 Å². The molecule has 6 rings (SSSR count). The Balaban J connectivity index is 1.48. The van der Waals surface area contributed by atoms with Crippen molar-refractivity contribution in [1.82, 2.24) is 4.90 Å². The van der Waals surface area contributed by atoms with Gasteiger partial charge >= 0.3 is 0 Å². The van der Waals surface area contributed by atoms with E-state index in [1.54, 1.807) is 36.4 Å². The number of imide groups is 1. The van der Waals surface area contributed by atoms with Crippen molar-refractivity contribution in [3.63, 3.8) is 0 Å². The summed E-state index contributed by atoms with van der Waals surface area (Å²) in [6.07, 6.45) is -0.947. The average molecular weight is 469 g/mol. The number of amides is 2. The van der Waals surface area contributed by atoms with E-state index in [1.807, 2.05) is 19.1 Å². The molecule has 2 saturated heterocycles. The number of ketones is 2. The Morgan fingerprint density at radius 2 is 1.43 bits per heavy atom. The molecular weight excluding hydrogens is 449 g/mol. The highest BCUT2D eigenvalue weighted by molar-refractivity contribution is 6.35. The number of fused-ring (bicyclic) bond motifs is 3. The van der Waals surface area contributed by atoms with Crippen LogP contribution in [0.25, 0.3) is 0 Å². The number of carbonyl (C=O) groups is 4. The number of Topliss-reactive ketones (excluding diaryl/α,β-unsaturated/α-hetero) is 2. The third-order valence-corrected chi connectivity index (χ3v) is 7.27. The van der Waals surface area contributed by atoms with E-state index >= 15 is 0 Å². The largest absolute Gasteiger partial charge is 0.349 e. The number of hydrogen-bond donors (Lipinski definition) is 0. The molecule has 2 amide bonds. The number of rotatable bonds is 3. The van der Waals surface area contributed by atoms with E-state index in [0.717, 1.165) is 10.5 Å². The zero-order valence-electron chi connectivity index (χ0n) is 18.7. The summed E-state index contributed by atoms with van der Waals surface area (Å²) in [5.74, 6) is -5.07. The second-order valence-electron chi connectivity index (χ2n) is 9.28. The molecule has 2 fully saturated rings. The quantitative estimate of drug-likeness (QED) is 0.430. The summed E-state index contributed by atoms with van der Waals surface area (Å²) in [6.45, 7) is 1.83. The summed E-state index contributed by atoms with van der Waals surface area (Å²) in [5, 5.41) is 0. The van der Waals surface area contributed by atoms with E-state index in [2.05, 4.69) is 0 Å². The van der Waals surface area contributed by atoms with Gasteiger partial charge < -0.3 is 4.74 Å². The molecule has 0 N–H and O–H groups in total. The molecule has 0 bridgehead atoms. The molecule has 2 heterocycles. The lowest BCUT2D eigenvalue weighted by atomic mass is 9.77. The van der Waals surface area contributed by atoms with Crippen LogP contribution in [0.2, 0.25) is 0 Å². The van der Waals surface area contributed by atoms with Crippen LogP contribution in [0.5, 0.6) is 0 Å². The summed E-state index contributed by atoms with van der Waals surface area (Å²) in [4.78, 5) is 55.9. The Kier molecular flexibility index (Phi) is 4.63. The zero-order chi connectivity index (χ0) is 24.5. The van der Waals surface area contributed by atoms with Crippen LogP contribution in [-0.4, -0.2) is 33.9 Å². The summed E-state index contributed by atoms with van der Waals surface area (Å²) in [7, 11) is 0. The monoisotopic (exact) mass is 469 g/mol. The van der Waals surface area contributed by atoms with Crippen LogP contribution < -0.4 is 0 Å². The van der Waals surface area contributed by atoms with Crippen molar-refractivity contribution in [2.75, 3.05) is 0 Å². The van der Waals surface area contributed by atoms with E-state index in [1.165, 1.54) is 24.3 Å². The van der Waals surface area contributed by atoms with Gasteiger partial charge in [-0.3, -0.25) is 24.1 Å². The highest BCUT2D eigenvalue weighted by Crippen LogP contribution is 2.57. The van der Waals surface area contributed by atoms with Crippen LogP contribution >= 0.6 is 0 Å². The molecular formula is C28H20FNO5. The van der Waals surface area contributed by atoms with Gasteiger partial charge in [-0.25, -0.2) is 4.39 Å². The molecule has 174 valence electrons. The van der Waals surface area contributed by atoms with Gasteiger partial charge in [0.05, 0.1) is 24.5 Å². The standard InChI is InChI=1S/C28H20FNO5/c1-15-6-10-17(11-7-15)23-21-22(27(34)30(26(21)33)14-16-8-12-18(29)13-9-16)28(35-23)24(31)19-4-2-3-5-20(19)25(28)32/h2-13,21-23H,14H2,1H3/t21-,22+,23-/m1/s1. The second kappa shape index (κ2) is 7.52. The van der Waals surface area contributed by atoms with Crippen LogP contribution in [0.4, 0.5) is 4.39 Å². The van der Waals surface area contributed by atoms with Gasteiger partial charge in [0, 0.05) is 11.1 Å². The van der Waals surface area contributed by atoms with Crippen molar-refractivity contribution in [1.29, 1.82) is 0 Å². The molecule has 3 aromatic carbocycles. The average Bonchev–Trinajstić information content (AvgIpc) is 3.42. The van der Waals surface area contributed by atoms with Crippen LogP contribution in [0, 0.1) is 24.6 Å². The molecule has 0 unspecified atom stereocenters. The first-order chi connectivity index (χ1) is 16.8. The van der Waals surface area contributed by atoms with Crippen LogP contribution in [-0.2, 0) is 20.9 Å². The SMILES string of the molecule is Cc1ccc([C@H]2OC3(C(=O)c4ccccc4C3=O)[C@@H]3C(=O)N(Cc4ccc(F)cc4)C(=O)[C@@H]23)cc1. The van der Waals surface area contributed by atoms with E-state index in [0.29, 0.717) is 11.1 Å². The van der Waals surface area contributed by atoms with Crippen molar-refractivity contribution in [3.05, 3.63) is 106 Å². The van der Waals surface area contributed by atoms with Crippen molar-refractivity contribution < 1.29 is 28.3 Å². The number of halogens is 1. The Hall–Kier alpha value is -3.97. The van der Waals surface area contributed by atoms with Crippen molar-refractivity contribution in [3.8, 4) is 0 Å². The number of carbonyl (C=O) groups excluding carboxylic acids is 4. The minimum absolute atomic E-state index is 0.0863. The van der Waals surface area contributed by atoms with Crippen molar-refractivity contribution in [2.24, 2.45) is 11.8 Å². The molecule has 6 nitrogen and oxygen atoms in total. The lowest BCUT2D eigenvalue weighted by Crippen LogP contribution is -2.50. The molecule has 3 atom stereocenters. The highest BCUT2D eigenvalue weighted by Gasteiger charge is 2.74. The molecule has 0 saturated carbocycles. The fraction of sp³-hybridized carbons (Fsp3) is 0.214. The first-order valence-electron chi connectivity index (χ1n) is 11.4. The third-order valence-electron chi connectivity index (χ3n) is 7.27. The van der Waals surface area contributed by atoms with Gasteiger partial charge in [0.25, 0.3) is 0 Å². The van der Waals surface area contributed by atoms with Crippen molar-refractivity contribution in [2.45, 2.75) is 25.2 Å². The highest BCUT2D eigenvalue weighted by atomic mass is 19.1. The van der Waals surface area contributed by atoms with Crippen LogP contribution in [0.3, 0.4) is 0 Å². The van der Waals surface area contributed by atoms with Gasteiger partial charge in [-0.2, -0.15) is 0 Å². The minimum Gasteiger partial charge on any atom is -0.349 e. The number of hydrogen-bond acceptors (Lipinski definition) is 5. The Labute approximate surface area is 200 Å². The maximum atomic E-state index is 13.7. The molecule has 35 heavy (non-hydrogen) atoms. The Bertz CT molecular complexity index is 1380. The predicted octanol–water partition coefficient (Wildman–Crippen LogP) is 3.82. The maximum absolute atomic E-state index is 13.7. The Morgan fingerprint density at radius 3 is 2.03 bits per heavy atom. The molecule has 0 aromatic heterocycles. The fourth-order valence-electron chi connectivity index (χ4n) is 5.56. The van der Waals surface area contributed by atoms with E-state index in [-0.39, 0.29) is 17.7 Å². The molecule has 0 radical (unpaired) electrons. The molecule has 1 spiro atoms. The van der Waals surface area contributed by atoms with Crippen LogP contribution in [0.15, 0.2) is 72.8 Å². The predicted molar refractivity (Wildman–Crippen MR) is 122 cm³/mol. The number of benzene rings is 3. The molecule has 3 aliphatic rings. The first-order valence-corrected chi connectivity index (χ1v) is 11.4. The van der Waals surface area contributed by atoms with Gasteiger partial charge in [-0.1, -0.05) is 66.2 Å². The molecule has 1 aliphatic carbocycles. The number of aryl methyl sites for hydroxylation is 1. The number of likely N-dealkylation sites (tertiary alicyclic amines) is 1. The van der Waals surface area contributed by atoms with Crippen molar-refractivity contribution >= 4 is 23.4 Å². The van der Waals surface area contributed by atoms with Crippen LogP contribution in [0.1, 0.15) is 43.5 Å². The lowest BCUT2D eigenvalue weighted by molar-refractivity contribution is -0.145. The van der Waals surface area contributed by atoms with Gasteiger partial charge in [-0.15, -0.1) is 0 Å². The smallest absolute Gasteiger partial charge is 0.237 e. The van der Waals surface area contributed by atoms with Gasteiger partial charge in [0.1, 0.15) is 5.82 Å². The number of nitrogens with zero attached hydrogens (tertiary/aromatic N) is 1. The lowest BCUT2D eigenvalue weighted by Gasteiger charge is -2.27. The zero-order valence-corrected chi connectivity index (χ0v) is 18.7. The molecule has 2 aliphatic heterocycles. The molecule has 3 aromatic rings. The second-order valence-corrected chi connectivity index (χ2v) is 9.28.